The molecular formula is C12H17NO6S. The van der Waals surface area contributed by atoms with Gasteiger partial charge in [-0.2, -0.15) is 0 Å². The molecule has 0 aliphatic rings. The van der Waals surface area contributed by atoms with Gasteiger partial charge in [-0.15, -0.1) is 0 Å². The molecule has 1 rings (SSSR count). The summed E-state index contributed by atoms with van der Waals surface area (Å²) >= 11 is 0. The predicted octanol–water partition coefficient (Wildman–Crippen LogP) is -0.505. The van der Waals surface area contributed by atoms with Crippen LogP contribution in [0.2, 0.25) is 0 Å². The molecule has 0 saturated heterocycles. The van der Waals surface area contributed by atoms with Crippen molar-refractivity contribution in [2.75, 3.05) is 19.8 Å². The Kier molecular flexibility index (Phi) is 6.08. The van der Waals surface area contributed by atoms with Crippen LogP contribution in [0.25, 0.3) is 0 Å². The van der Waals surface area contributed by atoms with Crippen LogP contribution in [0.1, 0.15) is 17.3 Å². The lowest BCUT2D eigenvalue weighted by Gasteiger charge is -2.10. The molecule has 0 bridgehead atoms. The summed E-state index contributed by atoms with van der Waals surface area (Å²) in [7, 11) is -3.79. The van der Waals surface area contributed by atoms with E-state index in [0.717, 1.165) is 0 Å². The fourth-order valence-corrected chi connectivity index (χ4v) is 2.41. The van der Waals surface area contributed by atoms with Crippen LogP contribution in [-0.4, -0.2) is 50.5 Å². The molecule has 1 aromatic carbocycles. The van der Waals surface area contributed by atoms with Gasteiger partial charge in [0.15, 0.2) is 0 Å². The van der Waals surface area contributed by atoms with E-state index in [1.54, 1.807) is 6.92 Å². The first kappa shape index (κ1) is 16.6. The van der Waals surface area contributed by atoms with Crippen LogP contribution in [0.5, 0.6) is 0 Å². The van der Waals surface area contributed by atoms with Crippen LogP contribution >= 0.6 is 0 Å². The van der Waals surface area contributed by atoms with E-state index in [0.29, 0.717) is 0 Å². The molecule has 1 atom stereocenters. The Hall–Kier alpha value is -1.48. The fraction of sp³-hybridized carbons (Fsp3) is 0.417. The third kappa shape index (κ3) is 4.57. The maximum atomic E-state index is 11.8. The lowest BCUT2D eigenvalue weighted by molar-refractivity contribution is 0.0526. The van der Waals surface area contributed by atoms with Crippen molar-refractivity contribution < 1.29 is 28.2 Å². The van der Waals surface area contributed by atoms with Gasteiger partial charge in [0.2, 0.25) is 10.0 Å². The zero-order chi connectivity index (χ0) is 15.2. The van der Waals surface area contributed by atoms with E-state index >= 15 is 0 Å². The summed E-state index contributed by atoms with van der Waals surface area (Å²) in [5.74, 6) is -0.528. The van der Waals surface area contributed by atoms with Crippen molar-refractivity contribution in [1.82, 2.24) is 4.72 Å². The maximum absolute atomic E-state index is 11.8. The summed E-state index contributed by atoms with van der Waals surface area (Å²) < 4.78 is 30.6. The maximum Gasteiger partial charge on any atom is 0.338 e. The largest absolute Gasteiger partial charge is 0.462 e. The number of rotatable bonds is 7. The highest BCUT2D eigenvalue weighted by Crippen LogP contribution is 2.11. The molecule has 0 aliphatic heterocycles. The number of benzene rings is 1. The van der Waals surface area contributed by atoms with E-state index in [2.05, 4.69) is 4.72 Å². The second-order valence-electron chi connectivity index (χ2n) is 3.93. The summed E-state index contributed by atoms with van der Waals surface area (Å²) in [4.78, 5) is 11.4. The molecule has 0 heterocycles. The van der Waals surface area contributed by atoms with Gasteiger partial charge in [0, 0.05) is 6.54 Å². The van der Waals surface area contributed by atoms with E-state index in [4.69, 9.17) is 14.9 Å². The quantitative estimate of drug-likeness (QED) is 0.585. The van der Waals surface area contributed by atoms with Crippen LogP contribution < -0.4 is 4.72 Å². The molecule has 7 nitrogen and oxygen atoms in total. The number of hydrogen-bond acceptors (Lipinski definition) is 6. The molecular weight excluding hydrogens is 286 g/mol. The summed E-state index contributed by atoms with van der Waals surface area (Å²) in [5, 5.41) is 17.7. The lowest BCUT2D eigenvalue weighted by atomic mass is 10.2. The van der Waals surface area contributed by atoms with E-state index in [9.17, 15) is 13.2 Å². The van der Waals surface area contributed by atoms with Crippen LogP contribution in [0.15, 0.2) is 29.2 Å². The second-order valence-corrected chi connectivity index (χ2v) is 5.70. The molecule has 8 heteroatoms. The van der Waals surface area contributed by atoms with Crippen LogP contribution in [0.3, 0.4) is 0 Å². The van der Waals surface area contributed by atoms with Gasteiger partial charge < -0.3 is 14.9 Å². The first-order valence-corrected chi connectivity index (χ1v) is 7.44. The van der Waals surface area contributed by atoms with Gasteiger partial charge in [-0.3, -0.25) is 0 Å². The molecule has 3 N–H and O–H groups in total. The zero-order valence-corrected chi connectivity index (χ0v) is 11.8. The third-order valence-corrected chi connectivity index (χ3v) is 3.83. The molecule has 0 aliphatic carbocycles. The number of sulfonamides is 1. The summed E-state index contributed by atoms with van der Waals surface area (Å²) in [6.07, 6.45) is -1.16. The normalized spacial score (nSPS) is 12.9. The van der Waals surface area contributed by atoms with E-state index in [-0.39, 0.29) is 23.6 Å². The highest BCUT2D eigenvalue weighted by atomic mass is 32.2. The minimum Gasteiger partial charge on any atom is -0.462 e. The molecule has 0 fully saturated rings. The number of carbonyl (C=O) groups is 1. The fourth-order valence-electron chi connectivity index (χ4n) is 1.34. The molecule has 0 radical (unpaired) electrons. The predicted molar refractivity (Wildman–Crippen MR) is 70.7 cm³/mol. The van der Waals surface area contributed by atoms with Gasteiger partial charge >= 0.3 is 5.97 Å². The van der Waals surface area contributed by atoms with Gasteiger partial charge in [-0.1, -0.05) is 0 Å². The van der Waals surface area contributed by atoms with Crippen molar-refractivity contribution >= 4 is 16.0 Å². The highest BCUT2D eigenvalue weighted by molar-refractivity contribution is 7.89. The second kappa shape index (κ2) is 7.34. The van der Waals surface area contributed by atoms with E-state index < -0.39 is 28.7 Å². The van der Waals surface area contributed by atoms with Crippen LogP contribution in [0, 0.1) is 0 Å². The third-order valence-electron chi connectivity index (χ3n) is 2.40. The van der Waals surface area contributed by atoms with Gasteiger partial charge in [0.1, 0.15) is 0 Å². The lowest BCUT2D eigenvalue weighted by Crippen LogP contribution is -2.33. The number of aliphatic hydroxyl groups excluding tert-OH is 2. The summed E-state index contributed by atoms with van der Waals surface area (Å²) in [5.41, 5.74) is 0.251. The Morgan fingerprint density at radius 1 is 1.35 bits per heavy atom. The van der Waals surface area contributed by atoms with Crippen molar-refractivity contribution in [3.05, 3.63) is 29.8 Å². The Morgan fingerprint density at radius 3 is 2.45 bits per heavy atom. The minimum atomic E-state index is -3.79. The minimum absolute atomic E-state index is 0.0457. The number of carbonyl (C=O) groups excluding carboxylic acids is 1. The van der Waals surface area contributed by atoms with Crippen LogP contribution in [0.4, 0.5) is 0 Å². The van der Waals surface area contributed by atoms with Gasteiger partial charge in [0.25, 0.3) is 0 Å². The highest BCUT2D eigenvalue weighted by Gasteiger charge is 2.16. The molecule has 1 aromatic rings. The van der Waals surface area contributed by atoms with Crippen molar-refractivity contribution in [3.63, 3.8) is 0 Å². The first-order valence-electron chi connectivity index (χ1n) is 5.96. The number of nitrogens with one attached hydrogen (secondary N) is 1. The molecule has 0 spiro atoms. The van der Waals surface area contributed by atoms with Crippen molar-refractivity contribution in [1.29, 1.82) is 0 Å². The van der Waals surface area contributed by atoms with Gasteiger partial charge in [-0.25, -0.2) is 17.9 Å². The monoisotopic (exact) mass is 303 g/mol. The molecule has 112 valence electrons. The number of hydrogen-bond donors (Lipinski definition) is 3. The van der Waals surface area contributed by atoms with E-state index in [1.807, 2.05) is 0 Å². The molecule has 0 aromatic heterocycles. The Balaban J connectivity index is 2.79. The SMILES string of the molecule is CCOC(=O)c1ccc(S(=O)(=O)NCC(O)CO)cc1. The standard InChI is InChI=1S/C12H17NO6S/c1-2-19-12(16)9-3-5-11(6-4-9)20(17,18)13-7-10(15)8-14/h3-6,10,13-15H,2,7-8H2,1H3. The summed E-state index contributed by atoms with van der Waals surface area (Å²) in [6.45, 7) is 1.08. The molecule has 0 amide bonds. The average molecular weight is 303 g/mol. The van der Waals surface area contributed by atoms with E-state index in [1.165, 1.54) is 24.3 Å². The molecule has 0 saturated carbocycles. The van der Waals surface area contributed by atoms with Crippen molar-refractivity contribution in [3.8, 4) is 0 Å². The van der Waals surface area contributed by atoms with Crippen molar-refractivity contribution in [2.45, 2.75) is 17.9 Å². The topological polar surface area (TPSA) is 113 Å². The van der Waals surface area contributed by atoms with Gasteiger partial charge in [0.05, 0.1) is 29.8 Å². The van der Waals surface area contributed by atoms with Crippen LogP contribution in [-0.2, 0) is 14.8 Å². The molecule has 20 heavy (non-hydrogen) atoms. The smallest absolute Gasteiger partial charge is 0.338 e. The summed E-state index contributed by atoms with van der Waals surface area (Å²) in [6, 6.07) is 5.21. The van der Waals surface area contributed by atoms with Gasteiger partial charge in [-0.05, 0) is 31.2 Å². The Labute approximate surface area is 117 Å². The average Bonchev–Trinajstić information content (AvgIpc) is 2.45. The van der Waals surface area contributed by atoms with Crippen molar-refractivity contribution in [2.24, 2.45) is 0 Å². The number of esters is 1. The Bertz CT molecular complexity index is 540. The molecule has 1 unspecified atom stereocenters. The Morgan fingerprint density at radius 2 is 1.95 bits per heavy atom. The number of ether oxygens (including phenoxy) is 1. The zero-order valence-electron chi connectivity index (χ0n) is 10.9. The first-order chi connectivity index (χ1) is 9.40. The number of aliphatic hydroxyl groups is 2.